The Labute approximate surface area is 181 Å². The van der Waals surface area contributed by atoms with Crippen molar-refractivity contribution in [2.45, 2.75) is 63.6 Å². The van der Waals surface area contributed by atoms with Crippen LogP contribution in [0.15, 0.2) is 66.7 Å². The maximum absolute atomic E-state index is 7.24. The molecule has 1 aliphatic heterocycles. The number of nitrogens with zero attached hydrogens (tertiary/aromatic N) is 1. The minimum Gasteiger partial charge on any atom is -0.401 e. The molecule has 1 saturated carbocycles. The van der Waals surface area contributed by atoms with Crippen LogP contribution in [-0.4, -0.2) is 13.3 Å². The van der Waals surface area contributed by atoms with Gasteiger partial charge in [0, 0.05) is 22.4 Å². The summed E-state index contributed by atoms with van der Waals surface area (Å²) in [6.45, 7) is 9.42. The molecule has 0 spiro atoms. The summed E-state index contributed by atoms with van der Waals surface area (Å²) in [4.78, 5) is 5.32. The average molecular weight is 414 g/mol. The summed E-state index contributed by atoms with van der Waals surface area (Å²) >= 11 is 0. The minimum atomic E-state index is -2.28. The first kappa shape index (κ1) is 19.7. The van der Waals surface area contributed by atoms with E-state index in [1.54, 1.807) is 0 Å². The third-order valence-corrected chi connectivity index (χ3v) is 12.3. The van der Waals surface area contributed by atoms with Crippen LogP contribution in [0.1, 0.15) is 69.4 Å². The fraction of sp³-hybridized carbons (Fsp3) is 0.370. The SMILES string of the molecule is CC(C)[Si]1(C(C)C)O[C@@H](c2ccccc2)c2cc(C3CC3)nc(-c3ccccc3)c21. The standard InChI is InChI=1S/C27H31NOSi/c1-18(2)30(19(3)4)27-23(26(29-30)22-13-9-6-10-14-22)17-24(20-15-16-20)28-25(27)21-11-7-5-8-12-21/h5-14,17-20,26H,15-16H2,1-4H3/t26-/m0/s1. The topological polar surface area (TPSA) is 22.1 Å². The third kappa shape index (κ3) is 3.07. The molecule has 2 aliphatic rings. The molecule has 2 heterocycles. The van der Waals surface area contributed by atoms with Crippen LogP contribution in [0, 0.1) is 0 Å². The van der Waals surface area contributed by atoms with Gasteiger partial charge in [0.1, 0.15) is 0 Å². The molecule has 0 N–H and O–H groups in total. The van der Waals surface area contributed by atoms with Crippen LogP contribution in [0.25, 0.3) is 11.3 Å². The number of fused-ring (bicyclic) bond motifs is 1. The Morgan fingerprint density at radius 1 is 0.867 bits per heavy atom. The first-order chi connectivity index (χ1) is 14.5. The molecule has 3 aromatic rings. The Hall–Kier alpha value is -2.23. The highest BCUT2D eigenvalue weighted by molar-refractivity contribution is 6.90. The second-order valence-electron chi connectivity index (χ2n) is 9.51. The highest BCUT2D eigenvalue weighted by Crippen LogP contribution is 2.49. The second kappa shape index (κ2) is 7.47. The van der Waals surface area contributed by atoms with Crippen molar-refractivity contribution in [3.8, 4) is 11.3 Å². The molecule has 5 rings (SSSR count). The monoisotopic (exact) mass is 413 g/mol. The maximum atomic E-state index is 7.24. The van der Waals surface area contributed by atoms with Crippen LogP contribution in [0.5, 0.6) is 0 Å². The number of benzene rings is 2. The number of hydrogen-bond donors (Lipinski definition) is 0. The van der Waals surface area contributed by atoms with E-state index in [2.05, 4.69) is 94.4 Å². The van der Waals surface area contributed by atoms with Crippen molar-refractivity contribution >= 4 is 13.5 Å². The molecule has 0 amide bonds. The van der Waals surface area contributed by atoms with Crippen molar-refractivity contribution in [2.24, 2.45) is 0 Å². The predicted octanol–water partition coefficient (Wildman–Crippen LogP) is 6.72. The van der Waals surface area contributed by atoms with Crippen LogP contribution in [-0.2, 0) is 4.43 Å². The Bertz CT molecular complexity index is 1030. The highest BCUT2D eigenvalue weighted by atomic mass is 28.4. The molecule has 0 unspecified atom stereocenters. The number of aromatic nitrogens is 1. The minimum absolute atomic E-state index is 0.0145. The van der Waals surface area contributed by atoms with Crippen molar-refractivity contribution in [3.05, 3.63) is 83.6 Å². The number of pyridine rings is 1. The van der Waals surface area contributed by atoms with Crippen molar-refractivity contribution < 1.29 is 4.43 Å². The van der Waals surface area contributed by atoms with Gasteiger partial charge in [-0.05, 0) is 41.1 Å². The van der Waals surface area contributed by atoms with Gasteiger partial charge in [0.05, 0.1) is 11.8 Å². The lowest BCUT2D eigenvalue weighted by atomic mass is 9.98. The van der Waals surface area contributed by atoms with Crippen LogP contribution >= 0.6 is 0 Å². The molecule has 30 heavy (non-hydrogen) atoms. The second-order valence-corrected chi connectivity index (χ2v) is 14.1. The molecule has 1 fully saturated rings. The molecule has 0 radical (unpaired) electrons. The lowest BCUT2D eigenvalue weighted by Crippen LogP contribution is -2.53. The molecule has 2 aromatic carbocycles. The molecule has 1 aliphatic carbocycles. The molecular weight excluding hydrogens is 382 g/mol. The quantitative estimate of drug-likeness (QED) is 0.433. The molecule has 0 saturated heterocycles. The summed E-state index contributed by atoms with van der Waals surface area (Å²) < 4.78 is 7.24. The van der Waals surface area contributed by atoms with Gasteiger partial charge in [-0.15, -0.1) is 0 Å². The van der Waals surface area contributed by atoms with E-state index in [1.807, 2.05) is 0 Å². The summed E-state index contributed by atoms with van der Waals surface area (Å²) in [5.41, 5.74) is 7.26. The summed E-state index contributed by atoms with van der Waals surface area (Å²) in [6, 6.07) is 24.0. The molecule has 1 atom stereocenters. The van der Waals surface area contributed by atoms with E-state index >= 15 is 0 Å². The lowest BCUT2D eigenvalue weighted by Gasteiger charge is -2.36. The predicted molar refractivity (Wildman–Crippen MR) is 127 cm³/mol. The summed E-state index contributed by atoms with van der Waals surface area (Å²) in [5.74, 6) is 0.615. The van der Waals surface area contributed by atoms with Gasteiger partial charge in [0.15, 0.2) is 0 Å². The van der Waals surface area contributed by atoms with Gasteiger partial charge in [-0.2, -0.15) is 0 Å². The van der Waals surface area contributed by atoms with Crippen LogP contribution in [0.4, 0.5) is 0 Å². The number of hydrogen-bond acceptors (Lipinski definition) is 2. The van der Waals surface area contributed by atoms with Crippen molar-refractivity contribution in [1.82, 2.24) is 4.98 Å². The third-order valence-electron chi connectivity index (χ3n) is 6.92. The molecule has 3 heteroatoms. The molecule has 1 aromatic heterocycles. The number of rotatable bonds is 5. The average Bonchev–Trinajstić information content (AvgIpc) is 3.55. The summed E-state index contributed by atoms with van der Waals surface area (Å²) in [5, 5.41) is 1.44. The Morgan fingerprint density at radius 3 is 2.03 bits per heavy atom. The van der Waals surface area contributed by atoms with E-state index in [4.69, 9.17) is 9.41 Å². The van der Waals surface area contributed by atoms with Gasteiger partial charge in [-0.1, -0.05) is 88.4 Å². The zero-order chi connectivity index (χ0) is 20.9. The van der Waals surface area contributed by atoms with Crippen molar-refractivity contribution in [3.63, 3.8) is 0 Å². The van der Waals surface area contributed by atoms with Crippen molar-refractivity contribution in [1.29, 1.82) is 0 Å². The lowest BCUT2D eigenvalue weighted by molar-refractivity contribution is 0.243. The van der Waals surface area contributed by atoms with Gasteiger partial charge in [-0.3, -0.25) is 4.98 Å². The highest BCUT2D eigenvalue weighted by Gasteiger charge is 2.54. The van der Waals surface area contributed by atoms with E-state index in [1.165, 1.54) is 46.1 Å². The van der Waals surface area contributed by atoms with Crippen molar-refractivity contribution in [2.75, 3.05) is 0 Å². The van der Waals surface area contributed by atoms with Crippen LogP contribution in [0.2, 0.25) is 11.1 Å². The zero-order valence-electron chi connectivity index (χ0n) is 18.4. The van der Waals surface area contributed by atoms with Gasteiger partial charge >= 0.3 is 0 Å². The van der Waals surface area contributed by atoms with E-state index < -0.39 is 8.32 Å². The Kier molecular flexibility index (Phi) is 4.91. The Morgan fingerprint density at radius 2 is 1.47 bits per heavy atom. The van der Waals surface area contributed by atoms with E-state index in [0.717, 1.165) is 0 Å². The first-order valence-corrected chi connectivity index (χ1v) is 13.4. The Balaban J connectivity index is 1.83. The largest absolute Gasteiger partial charge is 0.401 e. The maximum Gasteiger partial charge on any atom is 0.233 e. The van der Waals surface area contributed by atoms with Gasteiger partial charge in [0.25, 0.3) is 0 Å². The zero-order valence-corrected chi connectivity index (χ0v) is 19.4. The fourth-order valence-corrected chi connectivity index (χ4v) is 10.3. The summed E-state index contributed by atoms with van der Waals surface area (Å²) in [6.07, 6.45) is 2.53. The van der Waals surface area contributed by atoms with Crippen LogP contribution < -0.4 is 5.19 Å². The molecule has 2 nitrogen and oxygen atoms in total. The molecule has 154 valence electrons. The van der Waals surface area contributed by atoms with E-state index in [-0.39, 0.29) is 6.10 Å². The van der Waals surface area contributed by atoms with Gasteiger partial charge in [0.2, 0.25) is 8.32 Å². The normalized spacial score (nSPS) is 20.0. The van der Waals surface area contributed by atoms with Gasteiger partial charge < -0.3 is 4.43 Å². The van der Waals surface area contributed by atoms with E-state index in [9.17, 15) is 0 Å². The summed E-state index contributed by atoms with van der Waals surface area (Å²) in [7, 11) is -2.28. The fourth-order valence-electron chi connectivity index (χ4n) is 5.31. The van der Waals surface area contributed by atoms with Gasteiger partial charge in [-0.25, -0.2) is 0 Å². The van der Waals surface area contributed by atoms with Crippen LogP contribution in [0.3, 0.4) is 0 Å². The smallest absolute Gasteiger partial charge is 0.233 e. The molecular formula is C27H31NOSi. The molecule has 0 bridgehead atoms. The first-order valence-electron chi connectivity index (χ1n) is 11.4. The van der Waals surface area contributed by atoms with E-state index in [0.29, 0.717) is 17.0 Å².